The molecule has 3 heterocycles. The highest BCUT2D eigenvalue weighted by atomic mass is 35.5. The summed E-state index contributed by atoms with van der Waals surface area (Å²) in [6.07, 6.45) is 5.05. The second-order valence-electron chi connectivity index (χ2n) is 5.38. The molecule has 3 rings (SSSR count). The molecule has 0 radical (unpaired) electrons. The van der Waals surface area contributed by atoms with Crippen molar-refractivity contribution in [3.63, 3.8) is 0 Å². The van der Waals surface area contributed by atoms with E-state index in [1.807, 2.05) is 26.0 Å². The Bertz CT molecular complexity index is 809. The lowest BCUT2D eigenvalue weighted by molar-refractivity contribution is 0.149. The Kier molecular flexibility index (Phi) is 3.02. The summed E-state index contributed by atoms with van der Waals surface area (Å²) >= 11 is 6.03. The number of anilines is 1. The van der Waals surface area contributed by atoms with Gasteiger partial charge in [0.2, 0.25) is 5.88 Å². The molecule has 0 unspecified atom stereocenters. The lowest BCUT2D eigenvalue weighted by Crippen LogP contribution is -2.33. The Morgan fingerprint density at radius 3 is 2.95 bits per heavy atom. The molecular weight excluding hydrogens is 290 g/mol. The number of nitrogen functional groups attached to an aromatic ring is 1. The van der Waals surface area contributed by atoms with Gasteiger partial charge in [0.05, 0.1) is 22.0 Å². The van der Waals surface area contributed by atoms with Crippen molar-refractivity contribution >= 4 is 23.0 Å². The molecule has 0 fully saturated rings. The zero-order valence-corrected chi connectivity index (χ0v) is 12.4. The molecule has 2 N–H and O–H groups in total. The molecule has 2 aromatic heterocycles. The summed E-state index contributed by atoms with van der Waals surface area (Å²) in [6, 6.07) is 5.07. The van der Waals surface area contributed by atoms with Crippen molar-refractivity contribution in [1.82, 2.24) is 9.55 Å². The predicted octanol–water partition coefficient (Wildman–Crippen LogP) is 2.54. The van der Waals surface area contributed by atoms with Crippen molar-refractivity contribution in [3.05, 3.63) is 57.6 Å². The summed E-state index contributed by atoms with van der Waals surface area (Å²) in [5, 5.41) is 0.391. The van der Waals surface area contributed by atoms with Crippen LogP contribution in [-0.4, -0.2) is 15.2 Å². The van der Waals surface area contributed by atoms with Gasteiger partial charge in [-0.05, 0) is 38.1 Å². The Labute approximate surface area is 126 Å². The second-order valence-corrected chi connectivity index (χ2v) is 5.82. The topological polar surface area (TPSA) is 70.1 Å². The van der Waals surface area contributed by atoms with Crippen LogP contribution in [0.15, 0.2) is 41.5 Å². The van der Waals surface area contributed by atoms with Crippen LogP contribution in [0.3, 0.4) is 0 Å². The van der Waals surface area contributed by atoms with Gasteiger partial charge >= 0.3 is 0 Å². The van der Waals surface area contributed by atoms with Gasteiger partial charge < -0.3 is 10.5 Å². The van der Waals surface area contributed by atoms with Crippen molar-refractivity contribution in [2.75, 3.05) is 5.73 Å². The van der Waals surface area contributed by atoms with E-state index in [4.69, 9.17) is 22.1 Å². The predicted molar refractivity (Wildman–Crippen MR) is 82.4 cm³/mol. The number of aromatic nitrogens is 2. The monoisotopic (exact) mass is 303 g/mol. The minimum Gasteiger partial charge on any atom is -0.467 e. The van der Waals surface area contributed by atoms with Crippen LogP contribution in [0.2, 0.25) is 5.02 Å². The quantitative estimate of drug-likeness (QED) is 0.879. The molecule has 5 nitrogen and oxygen atoms in total. The third-order valence-electron chi connectivity index (χ3n) is 3.16. The number of rotatable bonds is 1. The van der Waals surface area contributed by atoms with E-state index in [9.17, 15) is 4.79 Å². The van der Waals surface area contributed by atoms with Crippen LogP contribution in [0.25, 0.3) is 5.70 Å². The van der Waals surface area contributed by atoms with Crippen molar-refractivity contribution in [2.45, 2.75) is 19.4 Å². The van der Waals surface area contributed by atoms with Gasteiger partial charge in [-0.25, -0.2) is 4.98 Å². The highest BCUT2D eigenvalue weighted by Crippen LogP contribution is 2.34. The number of hydrogen-bond acceptors (Lipinski definition) is 4. The molecule has 108 valence electrons. The minimum atomic E-state index is -0.590. The van der Waals surface area contributed by atoms with Crippen LogP contribution in [-0.2, 0) is 0 Å². The fourth-order valence-electron chi connectivity index (χ4n) is 2.30. The first kappa shape index (κ1) is 13.7. The van der Waals surface area contributed by atoms with Crippen LogP contribution in [0.5, 0.6) is 5.88 Å². The molecule has 0 atom stereocenters. The van der Waals surface area contributed by atoms with E-state index in [0.717, 1.165) is 5.56 Å². The number of ether oxygens (including phenoxy) is 1. The smallest absolute Gasteiger partial charge is 0.278 e. The SMILES string of the molecule is CC1(C)C=C(n2cc(Cl)cc(N)c2=O)c2cccnc2O1. The highest BCUT2D eigenvalue weighted by Gasteiger charge is 2.28. The Balaban J connectivity index is 2.30. The fraction of sp³-hybridized carbons (Fsp3) is 0.200. The van der Waals surface area contributed by atoms with Gasteiger partial charge in [-0.3, -0.25) is 9.36 Å². The van der Waals surface area contributed by atoms with Crippen molar-refractivity contribution in [2.24, 2.45) is 0 Å². The van der Waals surface area contributed by atoms with Crippen LogP contribution in [0, 0.1) is 0 Å². The van der Waals surface area contributed by atoms with E-state index in [2.05, 4.69) is 4.98 Å². The molecule has 2 aromatic rings. The highest BCUT2D eigenvalue weighted by molar-refractivity contribution is 6.30. The summed E-state index contributed by atoms with van der Waals surface area (Å²) in [5.74, 6) is 0.477. The van der Waals surface area contributed by atoms with E-state index in [1.54, 1.807) is 18.5 Å². The van der Waals surface area contributed by atoms with Crippen molar-refractivity contribution in [3.8, 4) is 5.88 Å². The number of nitrogens with two attached hydrogens (primary N) is 1. The van der Waals surface area contributed by atoms with E-state index in [1.165, 1.54) is 10.6 Å². The molecule has 1 aliphatic heterocycles. The largest absolute Gasteiger partial charge is 0.467 e. The molecule has 0 saturated carbocycles. The van der Waals surface area contributed by atoms with Gasteiger partial charge in [0, 0.05) is 12.4 Å². The second kappa shape index (κ2) is 4.63. The first-order valence-corrected chi connectivity index (χ1v) is 6.80. The third kappa shape index (κ3) is 2.40. The molecule has 21 heavy (non-hydrogen) atoms. The average molecular weight is 304 g/mol. The minimum absolute atomic E-state index is 0.0955. The maximum atomic E-state index is 12.3. The van der Waals surface area contributed by atoms with Gasteiger partial charge in [-0.1, -0.05) is 11.6 Å². The van der Waals surface area contributed by atoms with E-state index < -0.39 is 5.60 Å². The molecule has 0 spiro atoms. The molecule has 0 aromatic carbocycles. The third-order valence-corrected chi connectivity index (χ3v) is 3.37. The molecule has 0 bridgehead atoms. The van der Waals surface area contributed by atoms with Gasteiger partial charge in [0.1, 0.15) is 5.60 Å². The standard InChI is InChI=1S/C15H14ClN3O2/c1-15(2)7-12(10-4-3-5-18-13(10)21-15)19-8-9(16)6-11(17)14(19)20/h3-8H,17H2,1-2H3. The first-order chi connectivity index (χ1) is 9.87. The molecule has 1 aliphatic rings. The number of hydrogen-bond donors (Lipinski definition) is 1. The van der Waals surface area contributed by atoms with Crippen molar-refractivity contribution in [1.29, 1.82) is 0 Å². The summed E-state index contributed by atoms with van der Waals surface area (Å²) in [6.45, 7) is 3.78. The number of nitrogens with zero attached hydrogens (tertiary/aromatic N) is 2. The van der Waals surface area contributed by atoms with Crippen molar-refractivity contribution < 1.29 is 4.74 Å². The van der Waals surface area contributed by atoms with Crippen LogP contribution in [0.4, 0.5) is 5.69 Å². The number of halogens is 1. The maximum Gasteiger partial charge on any atom is 0.278 e. The number of pyridine rings is 2. The van der Waals surface area contributed by atoms with Gasteiger partial charge in [-0.15, -0.1) is 0 Å². The summed E-state index contributed by atoms with van der Waals surface area (Å²) in [5.41, 5.74) is 6.29. The lowest BCUT2D eigenvalue weighted by Gasteiger charge is -2.30. The van der Waals surface area contributed by atoms with Gasteiger partial charge in [0.25, 0.3) is 5.56 Å². The van der Waals surface area contributed by atoms with Crippen LogP contribution >= 0.6 is 11.6 Å². The molecule has 0 aliphatic carbocycles. The average Bonchev–Trinajstić information content (AvgIpc) is 2.41. The van der Waals surface area contributed by atoms with Gasteiger partial charge in [-0.2, -0.15) is 0 Å². The Morgan fingerprint density at radius 1 is 1.43 bits per heavy atom. The zero-order chi connectivity index (χ0) is 15.2. The lowest BCUT2D eigenvalue weighted by atomic mass is 10.0. The molecule has 6 heteroatoms. The number of fused-ring (bicyclic) bond motifs is 1. The Morgan fingerprint density at radius 2 is 2.19 bits per heavy atom. The van der Waals surface area contributed by atoms with E-state index >= 15 is 0 Å². The molecule has 0 amide bonds. The van der Waals surface area contributed by atoms with Gasteiger partial charge in [0.15, 0.2) is 0 Å². The summed E-state index contributed by atoms with van der Waals surface area (Å²) < 4.78 is 7.24. The normalized spacial score (nSPS) is 15.9. The Hall–Kier alpha value is -2.27. The van der Waals surface area contributed by atoms with Crippen LogP contribution in [0.1, 0.15) is 19.4 Å². The molecule has 0 saturated heterocycles. The van der Waals surface area contributed by atoms with Crippen LogP contribution < -0.4 is 16.0 Å². The fourth-order valence-corrected chi connectivity index (χ4v) is 2.51. The first-order valence-electron chi connectivity index (χ1n) is 6.43. The summed E-state index contributed by atoms with van der Waals surface area (Å²) in [4.78, 5) is 16.5. The van der Waals surface area contributed by atoms with E-state index in [0.29, 0.717) is 16.6 Å². The maximum absolute atomic E-state index is 12.3. The summed E-state index contributed by atoms with van der Waals surface area (Å²) in [7, 11) is 0. The van der Waals surface area contributed by atoms with E-state index in [-0.39, 0.29) is 11.2 Å². The molecular formula is C15H14ClN3O2. The zero-order valence-electron chi connectivity index (χ0n) is 11.6.